The van der Waals surface area contributed by atoms with Crippen LogP contribution in [0, 0.1) is 6.92 Å². The van der Waals surface area contributed by atoms with Crippen LogP contribution in [0.4, 0.5) is 11.5 Å². The molecule has 0 saturated carbocycles. The molecule has 0 aliphatic rings. The Bertz CT molecular complexity index is 379. The first kappa shape index (κ1) is 12.3. The molecule has 1 heterocycles. The number of hydrogen-bond donors (Lipinski definition) is 2. The second-order valence-corrected chi connectivity index (χ2v) is 3.51. The summed E-state index contributed by atoms with van der Waals surface area (Å²) >= 11 is 0. The highest BCUT2D eigenvalue weighted by Gasteiger charge is 2.15. The summed E-state index contributed by atoms with van der Waals surface area (Å²) in [4.78, 5) is 15.5. The van der Waals surface area contributed by atoms with Crippen molar-refractivity contribution < 1.29 is 9.53 Å². The Kier molecular flexibility index (Phi) is 4.10. The molecule has 16 heavy (non-hydrogen) atoms. The number of aromatic nitrogens is 1. The van der Waals surface area contributed by atoms with Crippen molar-refractivity contribution in [1.82, 2.24) is 4.98 Å². The molecule has 88 valence electrons. The number of hydrogen-bond acceptors (Lipinski definition) is 5. The smallest absolute Gasteiger partial charge is 0.328 e. The number of rotatable bonds is 4. The van der Waals surface area contributed by atoms with Gasteiger partial charge in [-0.15, -0.1) is 0 Å². The van der Waals surface area contributed by atoms with Crippen LogP contribution < -0.4 is 11.1 Å². The predicted octanol–water partition coefficient (Wildman–Crippen LogP) is 1.34. The van der Waals surface area contributed by atoms with Crippen molar-refractivity contribution in [1.29, 1.82) is 0 Å². The second-order valence-electron chi connectivity index (χ2n) is 3.51. The van der Waals surface area contributed by atoms with E-state index in [0.29, 0.717) is 18.1 Å². The maximum absolute atomic E-state index is 11.4. The lowest BCUT2D eigenvalue weighted by Crippen LogP contribution is -2.29. The summed E-state index contributed by atoms with van der Waals surface area (Å²) in [5.41, 5.74) is 7.31. The Balaban J connectivity index is 2.73. The van der Waals surface area contributed by atoms with Crippen LogP contribution in [0.3, 0.4) is 0 Å². The van der Waals surface area contributed by atoms with E-state index in [4.69, 9.17) is 10.5 Å². The molecule has 0 amide bonds. The molecule has 0 fully saturated rings. The molecule has 1 atom stereocenters. The normalized spacial score (nSPS) is 11.9. The highest BCUT2D eigenvalue weighted by atomic mass is 16.5. The van der Waals surface area contributed by atoms with Crippen LogP contribution in [0.1, 0.15) is 19.4 Å². The SMILES string of the molecule is CCOC(=O)C(C)Nc1nccc(C)c1N. The summed E-state index contributed by atoms with van der Waals surface area (Å²) in [5.74, 6) is 0.200. The van der Waals surface area contributed by atoms with Crippen molar-refractivity contribution in [2.24, 2.45) is 0 Å². The fraction of sp³-hybridized carbons (Fsp3) is 0.455. The molecule has 0 saturated heterocycles. The lowest BCUT2D eigenvalue weighted by Gasteiger charge is -2.15. The fourth-order valence-electron chi connectivity index (χ4n) is 1.22. The van der Waals surface area contributed by atoms with Crippen molar-refractivity contribution in [3.05, 3.63) is 17.8 Å². The molecule has 1 rings (SSSR count). The lowest BCUT2D eigenvalue weighted by atomic mass is 10.2. The van der Waals surface area contributed by atoms with E-state index in [1.165, 1.54) is 0 Å². The van der Waals surface area contributed by atoms with Crippen molar-refractivity contribution in [3.8, 4) is 0 Å². The summed E-state index contributed by atoms with van der Waals surface area (Å²) < 4.78 is 4.88. The van der Waals surface area contributed by atoms with Crippen LogP contribution in [0.5, 0.6) is 0 Å². The molecule has 1 aromatic rings. The van der Waals surface area contributed by atoms with Crippen LogP contribution in [-0.2, 0) is 9.53 Å². The molecule has 5 heteroatoms. The van der Waals surface area contributed by atoms with Crippen LogP contribution in [0.25, 0.3) is 0 Å². The largest absolute Gasteiger partial charge is 0.464 e. The summed E-state index contributed by atoms with van der Waals surface area (Å²) in [6.07, 6.45) is 1.64. The number of nitrogen functional groups attached to an aromatic ring is 1. The summed E-state index contributed by atoms with van der Waals surface area (Å²) in [6.45, 7) is 5.73. The average molecular weight is 223 g/mol. The Morgan fingerprint density at radius 1 is 1.69 bits per heavy atom. The van der Waals surface area contributed by atoms with Gasteiger partial charge in [-0.05, 0) is 32.4 Å². The molecule has 0 bridgehead atoms. The molecule has 3 N–H and O–H groups in total. The van der Waals surface area contributed by atoms with Crippen molar-refractivity contribution in [2.45, 2.75) is 26.8 Å². The van der Waals surface area contributed by atoms with Crippen LogP contribution in [0.2, 0.25) is 0 Å². The third-order valence-corrected chi connectivity index (χ3v) is 2.20. The van der Waals surface area contributed by atoms with Gasteiger partial charge in [-0.2, -0.15) is 0 Å². The number of nitrogens with zero attached hydrogens (tertiary/aromatic N) is 1. The minimum absolute atomic E-state index is 0.315. The molecular weight excluding hydrogens is 206 g/mol. The number of pyridine rings is 1. The van der Waals surface area contributed by atoms with E-state index in [2.05, 4.69) is 10.3 Å². The first-order chi connectivity index (χ1) is 7.56. The zero-order chi connectivity index (χ0) is 12.1. The van der Waals surface area contributed by atoms with Gasteiger partial charge in [0.2, 0.25) is 0 Å². The number of ether oxygens (including phenoxy) is 1. The van der Waals surface area contributed by atoms with E-state index in [1.807, 2.05) is 13.0 Å². The van der Waals surface area contributed by atoms with Crippen LogP contribution >= 0.6 is 0 Å². The highest BCUT2D eigenvalue weighted by Crippen LogP contribution is 2.19. The van der Waals surface area contributed by atoms with Crippen molar-refractivity contribution >= 4 is 17.5 Å². The Morgan fingerprint density at radius 3 is 3.00 bits per heavy atom. The Hall–Kier alpha value is -1.78. The quantitative estimate of drug-likeness (QED) is 0.753. The van der Waals surface area contributed by atoms with E-state index in [1.54, 1.807) is 20.0 Å². The van der Waals surface area contributed by atoms with Gasteiger partial charge < -0.3 is 15.8 Å². The number of carbonyl (C=O) groups is 1. The first-order valence-electron chi connectivity index (χ1n) is 5.20. The van der Waals surface area contributed by atoms with Crippen molar-refractivity contribution in [2.75, 3.05) is 17.7 Å². The molecule has 0 aliphatic carbocycles. The maximum atomic E-state index is 11.4. The minimum Gasteiger partial charge on any atom is -0.464 e. The van der Waals surface area contributed by atoms with E-state index in [9.17, 15) is 4.79 Å². The Labute approximate surface area is 95.0 Å². The van der Waals surface area contributed by atoms with Gasteiger partial charge in [-0.3, -0.25) is 0 Å². The predicted molar refractivity (Wildman–Crippen MR) is 63.1 cm³/mol. The first-order valence-corrected chi connectivity index (χ1v) is 5.20. The van der Waals surface area contributed by atoms with E-state index in [0.717, 1.165) is 5.56 Å². The molecule has 0 spiro atoms. The van der Waals surface area contributed by atoms with Gasteiger partial charge in [-0.25, -0.2) is 9.78 Å². The third-order valence-electron chi connectivity index (χ3n) is 2.20. The molecule has 0 radical (unpaired) electrons. The number of esters is 1. The van der Waals surface area contributed by atoms with E-state index in [-0.39, 0.29) is 5.97 Å². The van der Waals surface area contributed by atoms with Crippen LogP contribution in [0.15, 0.2) is 12.3 Å². The summed E-state index contributed by atoms with van der Waals surface area (Å²) in [5, 5.41) is 2.92. The van der Waals surface area contributed by atoms with E-state index < -0.39 is 6.04 Å². The average Bonchev–Trinajstić information content (AvgIpc) is 2.25. The van der Waals surface area contributed by atoms with Gasteiger partial charge in [0.05, 0.1) is 12.3 Å². The monoisotopic (exact) mass is 223 g/mol. The van der Waals surface area contributed by atoms with E-state index >= 15 is 0 Å². The molecule has 1 unspecified atom stereocenters. The summed E-state index contributed by atoms with van der Waals surface area (Å²) in [6, 6.07) is 1.35. The molecule has 5 nitrogen and oxygen atoms in total. The summed E-state index contributed by atoms with van der Waals surface area (Å²) in [7, 11) is 0. The topological polar surface area (TPSA) is 77.2 Å². The van der Waals surface area contributed by atoms with Gasteiger partial charge in [-0.1, -0.05) is 0 Å². The van der Waals surface area contributed by atoms with Crippen LogP contribution in [-0.4, -0.2) is 23.6 Å². The standard InChI is InChI=1S/C11H17N3O2/c1-4-16-11(15)8(3)14-10-9(12)7(2)5-6-13-10/h5-6,8H,4,12H2,1-3H3,(H,13,14). The molecule has 1 aromatic heterocycles. The number of nitrogens with two attached hydrogens (primary N) is 1. The van der Waals surface area contributed by atoms with Gasteiger partial charge >= 0.3 is 5.97 Å². The van der Waals surface area contributed by atoms with Gasteiger partial charge in [0.25, 0.3) is 0 Å². The third kappa shape index (κ3) is 2.85. The van der Waals surface area contributed by atoms with Gasteiger partial charge in [0, 0.05) is 6.20 Å². The highest BCUT2D eigenvalue weighted by molar-refractivity contribution is 5.80. The van der Waals surface area contributed by atoms with Gasteiger partial charge in [0.1, 0.15) is 11.9 Å². The zero-order valence-electron chi connectivity index (χ0n) is 9.78. The number of anilines is 2. The molecule has 0 aliphatic heterocycles. The second kappa shape index (κ2) is 5.34. The molecule has 0 aromatic carbocycles. The molecular formula is C11H17N3O2. The fourth-order valence-corrected chi connectivity index (χ4v) is 1.22. The minimum atomic E-state index is -0.462. The zero-order valence-corrected chi connectivity index (χ0v) is 9.78. The lowest BCUT2D eigenvalue weighted by molar-refractivity contribution is -0.143. The van der Waals surface area contributed by atoms with Gasteiger partial charge in [0.15, 0.2) is 0 Å². The number of nitrogens with one attached hydrogen (secondary N) is 1. The maximum Gasteiger partial charge on any atom is 0.328 e. The number of aryl methyl sites for hydroxylation is 1. The number of carbonyl (C=O) groups excluding carboxylic acids is 1. The Morgan fingerprint density at radius 2 is 2.38 bits per heavy atom. The van der Waals surface area contributed by atoms with Crippen molar-refractivity contribution in [3.63, 3.8) is 0 Å².